The molecule has 0 saturated heterocycles. The first-order valence-electron chi connectivity index (χ1n) is 6.36. The van der Waals surface area contributed by atoms with E-state index in [4.69, 9.17) is 9.15 Å². The lowest BCUT2D eigenvalue weighted by Gasteiger charge is -2.04. The third-order valence-electron chi connectivity index (χ3n) is 2.65. The Morgan fingerprint density at radius 2 is 2.20 bits per heavy atom. The van der Waals surface area contributed by atoms with Gasteiger partial charge in [-0.05, 0) is 36.8 Å². The molecule has 0 unspecified atom stereocenters. The van der Waals surface area contributed by atoms with Gasteiger partial charge in [0, 0.05) is 12.3 Å². The predicted molar refractivity (Wildman–Crippen MR) is 80.4 cm³/mol. The summed E-state index contributed by atoms with van der Waals surface area (Å²) < 4.78 is 11.0. The van der Waals surface area contributed by atoms with E-state index < -0.39 is 0 Å². The average molecular weight is 291 g/mol. The third kappa shape index (κ3) is 4.06. The summed E-state index contributed by atoms with van der Waals surface area (Å²) in [4.78, 5) is 11.7. The van der Waals surface area contributed by atoms with Crippen molar-refractivity contribution < 1.29 is 13.9 Å². The van der Waals surface area contributed by atoms with E-state index >= 15 is 0 Å². The summed E-state index contributed by atoms with van der Waals surface area (Å²) in [5, 5.41) is 2.69. The molecule has 0 saturated carbocycles. The van der Waals surface area contributed by atoms with Crippen LogP contribution < -0.4 is 10.1 Å². The summed E-state index contributed by atoms with van der Waals surface area (Å²) in [7, 11) is 0. The predicted octanol–water partition coefficient (Wildman–Crippen LogP) is 2.83. The Balaban J connectivity index is 1.91. The highest BCUT2D eigenvalue weighted by Crippen LogP contribution is 2.15. The number of benzene rings is 1. The Morgan fingerprint density at radius 3 is 2.95 bits per heavy atom. The van der Waals surface area contributed by atoms with Crippen LogP contribution in [0.15, 0.2) is 40.8 Å². The lowest BCUT2D eigenvalue weighted by molar-refractivity contribution is 0.0924. The minimum atomic E-state index is -0.235. The number of amides is 1. The van der Waals surface area contributed by atoms with Gasteiger partial charge in [0.1, 0.15) is 18.1 Å². The maximum absolute atomic E-state index is 11.7. The molecule has 0 atom stereocenters. The number of hydrogen-bond acceptors (Lipinski definition) is 4. The van der Waals surface area contributed by atoms with Gasteiger partial charge < -0.3 is 14.5 Å². The molecule has 0 radical (unpaired) electrons. The van der Waals surface area contributed by atoms with Gasteiger partial charge in [-0.1, -0.05) is 12.1 Å². The van der Waals surface area contributed by atoms with Crippen molar-refractivity contribution in [2.45, 2.75) is 13.5 Å². The lowest BCUT2D eigenvalue weighted by atomic mass is 10.2. The highest BCUT2D eigenvalue weighted by molar-refractivity contribution is 7.80. The second-order valence-electron chi connectivity index (χ2n) is 4.35. The maximum atomic E-state index is 11.7. The number of carbonyl (C=O) groups excluding carboxylic acids is 1. The van der Waals surface area contributed by atoms with Gasteiger partial charge in [0.05, 0.1) is 0 Å². The first-order valence-corrected chi connectivity index (χ1v) is 6.99. The minimum Gasteiger partial charge on any atom is -0.486 e. The zero-order valence-corrected chi connectivity index (χ0v) is 12.2. The first-order chi connectivity index (χ1) is 9.69. The van der Waals surface area contributed by atoms with Crippen molar-refractivity contribution in [1.82, 2.24) is 5.32 Å². The number of carbonyl (C=O) groups is 1. The number of rotatable bonds is 6. The van der Waals surface area contributed by atoms with E-state index in [1.54, 1.807) is 12.1 Å². The Bertz CT molecular complexity index is 580. The summed E-state index contributed by atoms with van der Waals surface area (Å²) in [6.45, 7) is 2.81. The third-order valence-corrected chi connectivity index (χ3v) is 2.88. The quantitative estimate of drug-likeness (QED) is 0.805. The molecule has 1 aromatic carbocycles. The topological polar surface area (TPSA) is 51.5 Å². The molecule has 5 heteroatoms. The highest BCUT2D eigenvalue weighted by Gasteiger charge is 2.10. The minimum absolute atomic E-state index is 0.235. The van der Waals surface area contributed by atoms with Crippen molar-refractivity contribution in [2.24, 2.45) is 0 Å². The monoisotopic (exact) mass is 291 g/mol. The molecular weight excluding hydrogens is 274 g/mol. The molecular formula is C15H17NO3S. The molecule has 20 heavy (non-hydrogen) atoms. The average Bonchev–Trinajstić information content (AvgIpc) is 2.91. The number of nitrogens with one attached hydrogen (secondary N) is 1. The summed E-state index contributed by atoms with van der Waals surface area (Å²) in [6, 6.07) is 11.2. The summed E-state index contributed by atoms with van der Waals surface area (Å²) in [5.74, 6) is 2.04. The van der Waals surface area contributed by atoms with E-state index in [1.807, 2.05) is 31.2 Å². The number of thiol groups is 1. The highest BCUT2D eigenvalue weighted by atomic mass is 32.1. The molecule has 0 aliphatic rings. The fourth-order valence-corrected chi connectivity index (χ4v) is 1.81. The van der Waals surface area contributed by atoms with Crippen LogP contribution in [0.25, 0.3) is 0 Å². The standard InChI is InChI=1S/C15H17NO3S/c1-11-3-2-4-12(9-11)18-10-13-5-6-14(19-13)15(17)16-7-8-20/h2-6,9,20H,7-8,10H2,1H3,(H,16,17). The van der Waals surface area contributed by atoms with Crippen LogP contribution in [-0.4, -0.2) is 18.2 Å². The molecule has 0 bridgehead atoms. The summed E-state index contributed by atoms with van der Waals surface area (Å²) >= 11 is 4.03. The number of aryl methyl sites for hydroxylation is 1. The zero-order chi connectivity index (χ0) is 14.4. The van der Waals surface area contributed by atoms with Gasteiger partial charge in [0.25, 0.3) is 5.91 Å². The molecule has 0 aliphatic heterocycles. The van der Waals surface area contributed by atoms with Gasteiger partial charge in [-0.2, -0.15) is 12.6 Å². The van der Waals surface area contributed by atoms with E-state index in [0.717, 1.165) is 11.3 Å². The Hall–Kier alpha value is -1.88. The van der Waals surface area contributed by atoms with Gasteiger partial charge in [0.2, 0.25) is 0 Å². The second kappa shape index (κ2) is 7.05. The number of hydrogen-bond donors (Lipinski definition) is 2. The second-order valence-corrected chi connectivity index (χ2v) is 4.80. The van der Waals surface area contributed by atoms with Crippen molar-refractivity contribution in [1.29, 1.82) is 0 Å². The van der Waals surface area contributed by atoms with E-state index in [1.165, 1.54) is 0 Å². The largest absolute Gasteiger partial charge is 0.486 e. The fraction of sp³-hybridized carbons (Fsp3) is 0.267. The molecule has 2 aromatic rings. The van der Waals surface area contributed by atoms with Crippen LogP contribution in [0.3, 0.4) is 0 Å². The van der Waals surface area contributed by atoms with Crippen LogP contribution in [0.5, 0.6) is 5.75 Å². The molecule has 0 aliphatic carbocycles. The molecule has 1 N–H and O–H groups in total. The van der Waals surface area contributed by atoms with Crippen LogP contribution in [0, 0.1) is 6.92 Å². The Labute approximate surface area is 123 Å². The lowest BCUT2D eigenvalue weighted by Crippen LogP contribution is -2.24. The van der Waals surface area contributed by atoms with Gasteiger partial charge in [-0.25, -0.2) is 0 Å². The van der Waals surface area contributed by atoms with Crippen LogP contribution in [-0.2, 0) is 6.61 Å². The SMILES string of the molecule is Cc1cccc(OCc2ccc(C(=O)NCCS)o2)c1. The Morgan fingerprint density at radius 1 is 1.35 bits per heavy atom. The van der Waals surface area contributed by atoms with E-state index in [-0.39, 0.29) is 11.7 Å². The van der Waals surface area contributed by atoms with Crippen molar-refractivity contribution >= 4 is 18.5 Å². The van der Waals surface area contributed by atoms with E-state index in [9.17, 15) is 4.79 Å². The zero-order valence-electron chi connectivity index (χ0n) is 11.3. The first kappa shape index (κ1) is 14.5. The van der Waals surface area contributed by atoms with Crippen LogP contribution in [0.4, 0.5) is 0 Å². The van der Waals surface area contributed by atoms with E-state index in [2.05, 4.69) is 17.9 Å². The van der Waals surface area contributed by atoms with Gasteiger partial charge >= 0.3 is 0 Å². The normalized spacial score (nSPS) is 10.3. The van der Waals surface area contributed by atoms with Gasteiger partial charge in [0.15, 0.2) is 5.76 Å². The van der Waals surface area contributed by atoms with Gasteiger partial charge in [-0.3, -0.25) is 4.79 Å². The molecule has 1 amide bonds. The molecule has 2 rings (SSSR count). The molecule has 0 spiro atoms. The molecule has 106 valence electrons. The van der Waals surface area contributed by atoms with Crippen molar-refractivity contribution in [3.63, 3.8) is 0 Å². The van der Waals surface area contributed by atoms with Crippen LogP contribution in [0.1, 0.15) is 21.9 Å². The molecule has 1 aromatic heterocycles. The molecule has 1 heterocycles. The summed E-state index contributed by atoms with van der Waals surface area (Å²) in [5.41, 5.74) is 1.13. The van der Waals surface area contributed by atoms with Crippen LogP contribution >= 0.6 is 12.6 Å². The summed E-state index contributed by atoms with van der Waals surface area (Å²) in [6.07, 6.45) is 0. The number of furan rings is 1. The molecule has 4 nitrogen and oxygen atoms in total. The molecule has 0 fully saturated rings. The maximum Gasteiger partial charge on any atom is 0.287 e. The van der Waals surface area contributed by atoms with E-state index in [0.29, 0.717) is 24.7 Å². The number of ether oxygens (including phenoxy) is 1. The van der Waals surface area contributed by atoms with Crippen molar-refractivity contribution in [2.75, 3.05) is 12.3 Å². The smallest absolute Gasteiger partial charge is 0.287 e. The van der Waals surface area contributed by atoms with Crippen molar-refractivity contribution in [3.8, 4) is 5.75 Å². The van der Waals surface area contributed by atoms with Crippen molar-refractivity contribution in [3.05, 3.63) is 53.5 Å². The van der Waals surface area contributed by atoms with Crippen LogP contribution in [0.2, 0.25) is 0 Å². The fourth-order valence-electron chi connectivity index (χ4n) is 1.69. The van der Waals surface area contributed by atoms with Gasteiger partial charge in [-0.15, -0.1) is 0 Å². The Kier molecular flexibility index (Phi) is 5.12.